The number of rotatable bonds is 5. The van der Waals surface area contributed by atoms with Gasteiger partial charge in [0.15, 0.2) is 9.84 Å². The highest BCUT2D eigenvalue weighted by molar-refractivity contribution is 7.94. The molecule has 1 atom stereocenters. The highest BCUT2D eigenvalue weighted by Crippen LogP contribution is 2.26. The predicted octanol–water partition coefficient (Wildman–Crippen LogP) is 2.77. The summed E-state index contributed by atoms with van der Waals surface area (Å²) in [6.07, 6.45) is 3.12. The Bertz CT molecular complexity index is 618. The Morgan fingerprint density at radius 3 is 2.33 bits per heavy atom. The van der Waals surface area contributed by atoms with Gasteiger partial charge in [0.25, 0.3) is 0 Å². The standard InChI is InChI=1S/C16H21NO3S/c1-3-13(4-2)16(18)17(14-8-6-5-7-9-14)15-10-11-21(19,20)12-15/h5-11,13,15H,3-4,12H2,1-2H3/t15-/m1/s1. The molecule has 0 radical (unpaired) electrons. The van der Waals surface area contributed by atoms with Crippen molar-refractivity contribution in [2.45, 2.75) is 32.7 Å². The zero-order valence-electron chi connectivity index (χ0n) is 12.4. The van der Waals surface area contributed by atoms with E-state index in [9.17, 15) is 13.2 Å². The first-order valence-corrected chi connectivity index (χ1v) is 8.99. The molecule has 1 aliphatic rings. The summed E-state index contributed by atoms with van der Waals surface area (Å²) in [5, 5.41) is 1.22. The third kappa shape index (κ3) is 3.53. The molecule has 0 spiro atoms. The summed E-state index contributed by atoms with van der Waals surface area (Å²) in [5.41, 5.74) is 0.751. The first-order valence-electron chi connectivity index (χ1n) is 7.27. The van der Waals surface area contributed by atoms with E-state index < -0.39 is 15.9 Å². The van der Waals surface area contributed by atoms with Crippen molar-refractivity contribution in [3.63, 3.8) is 0 Å². The number of nitrogens with zero attached hydrogens (tertiary/aromatic N) is 1. The van der Waals surface area contributed by atoms with Gasteiger partial charge in [-0.25, -0.2) is 8.42 Å². The van der Waals surface area contributed by atoms with E-state index in [1.807, 2.05) is 44.2 Å². The molecule has 0 saturated carbocycles. The van der Waals surface area contributed by atoms with Gasteiger partial charge in [0, 0.05) is 17.0 Å². The number of para-hydroxylation sites is 1. The van der Waals surface area contributed by atoms with Crippen LogP contribution in [0.5, 0.6) is 0 Å². The number of anilines is 1. The molecule has 2 rings (SSSR count). The molecule has 114 valence electrons. The van der Waals surface area contributed by atoms with E-state index in [-0.39, 0.29) is 17.6 Å². The van der Waals surface area contributed by atoms with Gasteiger partial charge < -0.3 is 4.90 Å². The summed E-state index contributed by atoms with van der Waals surface area (Å²) in [6, 6.07) is 8.87. The molecular weight excluding hydrogens is 286 g/mol. The maximum Gasteiger partial charge on any atom is 0.230 e. The van der Waals surface area contributed by atoms with Crippen molar-refractivity contribution in [1.29, 1.82) is 0 Å². The minimum absolute atomic E-state index is 0.00190. The summed E-state index contributed by atoms with van der Waals surface area (Å²) in [6.45, 7) is 3.97. The molecule has 0 aromatic heterocycles. The fourth-order valence-corrected chi connectivity index (χ4v) is 3.89. The lowest BCUT2D eigenvalue weighted by molar-refractivity contribution is -0.122. The molecule has 0 unspecified atom stereocenters. The zero-order chi connectivity index (χ0) is 15.5. The van der Waals surface area contributed by atoms with Gasteiger partial charge in [-0.05, 0) is 31.1 Å². The molecule has 1 aromatic rings. The molecular formula is C16H21NO3S. The Morgan fingerprint density at radius 2 is 1.86 bits per heavy atom. The third-order valence-electron chi connectivity index (χ3n) is 3.85. The summed E-state index contributed by atoms with van der Waals surface area (Å²) < 4.78 is 23.4. The fraction of sp³-hybridized carbons (Fsp3) is 0.438. The van der Waals surface area contributed by atoms with Gasteiger partial charge in [0.1, 0.15) is 0 Å². The van der Waals surface area contributed by atoms with Crippen LogP contribution in [-0.2, 0) is 14.6 Å². The van der Waals surface area contributed by atoms with Crippen LogP contribution in [0.25, 0.3) is 0 Å². The first kappa shape index (κ1) is 15.8. The highest BCUT2D eigenvalue weighted by atomic mass is 32.2. The molecule has 1 aromatic carbocycles. The van der Waals surface area contributed by atoms with Crippen molar-refractivity contribution in [3.8, 4) is 0 Å². The van der Waals surface area contributed by atoms with E-state index in [1.54, 1.807) is 11.0 Å². The van der Waals surface area contributed by atoms with Crippen molar-refractivity contribution in [3.05, 3.63) is 41.8 Å². The van der Waals surface area contributed by atoms with Crippen molar-refractivity contribution in [2.24, 2.45) is 5.92 Å². The maximum atomic E-state index is 12.8. The molecule has 0 aliphatic carbocycles. The molecule has 0 fully saturated rings. The number of benzene rings is 1. The monoisotopic (exact) mass is 307 g/mol. The molecule has 1 aliphatic heterocycles. The largest absolute Gasteiger partial charge is 0.304 e. The molecule has 1 amide bonds. The van der Waals surface area contributed by atoms with E-state index in [1.165, 1.54) is 5.41 Å². The van der Waals surface area contributed by atoms with E-state index in [0.717, 1.165) is 18.5 Å². The number of carbonyl (C=O) groups is 1. The van der Waals surface area contributed by atoms with E-state index in [0.29, 0.717) is 0 Å². The molecule has 5 heteroatoms. The summed E-state index contributed by atoms with van der Waals surface area (Å²) in [5.74, 6) is -0.117. The summed E-state index contributed by atoms with van der Waals surface area (Å²) in [7, 11) is -3.20. The van der Waals surface area contributed by atoms with Crippen molar-refractivity contribution in [2.75, 3.05) is 10.7 Å². The summed E-state index contributed by atoms with van der Waals surface area (Å²) >= 11 is 0. The van der Waals surface area contributed by atoms with Crippen LogP contribution < -0.4 is 4.90 Å². The van der Waals surface area contributed by atoms with Gasteiger partial charge in [-0.3, -0.25) is 4.79 Å². The second-order valence-electron chi connectivity index (χ2n) is 5.28. The topological polar surface area (TPSA) is 54.5 Å². The quantitative estimate of drug-likeness (QED) is 0.840. The second-order valence-corrected chi connectivity index (χ2v) is 7.21. The predicted molar refractivity (Wildman–Crippen MR) is 84.7 cm³/mol. The van der Waals surface area contributed by atoms with Gasteiger partial charge in [-0.2, -0.15) is 0 Å². The lowest BCUT2D eigenvalue weighted by atomic mass is 10.0. The molecule has 21 heavy (non-hydrogen) atoms. The van der Waals surface area contributed by atoms with Crippen LogP contribution in [0.15, 0.2) is 41.8 Å². The Hall–Kier alpha value is -1.62. The molecule has 0 bridgehead atoms. The van der Waals surface area contributed by atoms with Crippen LogP contribution in [0.3, 0.4) is 0 Å². The van der Waals surface area contributed by atoms with E-state index in [2.05, 4.69) is 0 Å². The Balaban J connectivity index is 2.37. The van der Waals surface area contributed by atoms with Crippen molar-refractivity contribution >= 4 is 21.4 Å². The zero-order valence-corrected chi connectivity index (χ0v) is 13.2. The smallest absolute Gasteiger partial charge is 0.230 e. The number of hydrogen-bond acceptors (Lipinski definition) is 3. The van der Waals surface area contributed by atoms with Gasteiger partial charge in [0.05, 0.1) is 11.8 Å². The Morgan fingerprint density at radius 1 is 1.24 bits per heavy atom. The van der Waals surface area contributed by atoms with Crippen LogP contribution in [-0.4, -0.2) is 26.1 Å². The lowest BCUT2D eigenvalue weighted by Crippen LogP contribution is -2.44. The van der Waals surface area contributed by atoms with Gasteiger partial charge in [-0.1, -0.05) is 32.0 Å². The molecule has 0 saturated heterocycles. The average molecular weight is 307 g/mol. The number of sulfone groups is 1. The molecule has 0 N–H and O–H groups in total. The Labute approximate surface area is 126 Å². The number of hydrogen-bond donors (Lipinski definition) is 0. The lowest BCUT2D eigenvalue weighted by Gasteiger charge is -2.30. The molecule has 4 nitrogen and oxygen atoms in total. The van der Waals surface area contributed by atoms with Crippen molar-refractivity contribution < 1.29 is 13.2 Å². The van der Waals surface area contributed by atoms with Gasteiger partial charge in [-0.15, -0.1) is 0 Å². The van der Waals surface area contributed by atoms with Crippen LogP contribution >= 0.6 is 0 Å². The number of amides is 1. The fourth-order valence-electron chi connectivity index (χ4n) is 2.63. The summed E-state index contributed by atoms with van der Waals surface area (Å²) in [4.78, 5) is 14.4. The minimum atomic E-state index is -3.20. The average Bonchev–Trinajstić information content (AvgIpc) is 2.81. The molecule has 1 heterocycles. The van der Waals surface area contributed by atoms with Crippen LogP contribution in [0.2, 0.25) is 0 Å². The van der Waals surface area contributed by atoms with Crippen LogP contribution in [0.4, 0.5) is 5.69 Å². The van der Waals surface area contributed by atoms with E-state index >= 15 is 0 Å². The second kappa shape index (κ2) is 6.43. The maximum absolute atomic E-state index is 12.8. The highest BCUT2D eigenvalue weighted by Gasteiger charge is 2.33. The van der Waals surface area contributed by atoms with Crippen molar-refractivity contribution in [1.82, 2.24) is 0 Å². The number of carbonyl (C=O) groups excluding carboxylic acids is 1. The van der Waals surface area contributed by atoms with Crippen LogP contribution in [0, 0.1) is 5.92 Å². The van der Waals surface area contributed by atoms with Crippen LogP contribution in [0.1, 0.15) is 26.7 Å². The first-order chi connectivity index (χ1) is 9.98. The Kier molecular flexibility index (Phi) is 4.83. The normalized spacial score (nSPS) is 19.9. The third-order valence-corrected chi connectivity index (χ3v) is 5.23. The minimum Gasteiger partial charge on any atom is -0.304 e. The van der Waals surface area contributed by atoms with E-state index in [4.69, 9.17) is 0 Å². The van der Waals surface area contributed by atoms with Gasteiger partial charge >= 0.3 is 0 Å². The SMILES string of the molecule is CCC(CC)C(=O)N(c1ccccc1)[C@@H]1C=CS(=O)(=O)C1. The van der Waals surface area contributed by atoms with Gasteiger partial charge in [0.2, 0.25) is 5.91 Å².